The lowest BCUT2D eigenvalue weighted by molar-refractivity contribution is 0.823. The summed E-state index contributed by atoms with van der Waals surface area (Å²) in [6.45, 7) is 0.886. The van der Waals surface area contributed by atoms with Crippen molar-refractivity contribution < 1.29 is 0 Å². The van der Waals surface area contributed by atoms with E-state index in [-0.39, 0.29) is 0 Å². The number of rotatable bonds is 2. The van der Waals surface area contributed by atoms with Gasteiger partial charge in [-0.25, -0.2) is 0 Å². The van der Waals surface area contributed by atoms with E-state index in [2.05, 4.69) is 33.6 Å². The molecule has 0 unspecified atom stereocenters. The molecule has 0 spiro atoms. The molecule has 0 bridgehead atoms. The third-order valence-corrected chi connectivity index (χ3v) is 2.89. The predicted octanol–water partition coefficient (Wildman–Crippen LogP) is 2.44. The number of hydrogen-bond donors (Lipinski definition) is 2. The number of aromatic amines is 1. The first kappa shape index (κ1) is 9.36. The highest BCUT2D eigenvalue weighted by Gasteiger charge is 2.04. The fraction of sp³-hybridized carbons (Fsp3) is 0.154. The van der Waals surface area contributed by atoms with Gasteiger partial charge in [0.05, 0.1) is 0 Å². The second kappa shape index (κ2) is 3.61. The summed E-state index contributed by atoms with van der Waals surface area (Å²) in [5.41, 5.74) is 2.47. The Morgan fingerprint density at radius 3 is 3.12 bits per heavy atom. The van der Waals surface area contributed by atoms with Gasteiger partial charge in [-0.3, -0.25) is 4.98 Å². The summed E-state index contributed by atoms with van der Waals surface area (Å²) in [7, 11) is 1.96. The first-order chi connectivity index (χ1) is 7.88. The summed E-state index contributed by atoms with van der Waals surface area (Å²) in [6, 6.07) is 6.41. The Labute approximate surface area is 93.5 Å². The van der Waals surface area contributed by atoms with Gasteiger partial charge in [-0.2, -0.15) is 0 Å². The van der Waals surface area contributed by atoms with E-state index in [1.165, 1.54) is 27.2 Å². The fourth-order valence-electron chi connectivity index (χ4n) is 2.10. The molecule has 0 saturated heterocycles. The average Bonchev–Trinajstić information content (AvgIpc) is 2.70. The summed E-state index contributed by atoms with van der Waals surface area (Å²) >= 11 is 0. The van der Waals surface area contributed by atoms with Crippen LogP contribution >= 0.6 is 0 Å². The van der Waals surface area contributed by atoms with Crippen LogP contribution in [0.4, 0.5) is 0 Å². The van der Waals surface area contributed by atoms with Gasteiger partial charge in [0.25, 0.3) is 0 Å². The Morgan fingerprint density at radius 1 is 1.31 bits per heavy atom. The molecule has 0 aliphatic carbocycles. The minimum absolute atomic E-state index is 0.886. The fourth-order valence-corrected chi connectivity index (χ4v) is 2.10. The Balaban J connectivity index is 2.31. The topological polar surface area (TPSA) is 40.7 Å². The number of fused-ring (bicyclic) bond motifs is 2. The highest BCUT2D eigenvalue weighted by atomic mass is 14.8. The molecular formula is C13H13N3. The SMILES string of the molecule is CNCc1c[nH]c2cc3cnccc3cc12. The van der Waals surface area contributed by atoms with E-state index >= 15 is 0 Å². The maximum atomic E-state index is 4.14. The maximum absolute atomic E-state index is 4.14. The van der Waals surface area contributed by atoms with Crippen LogP contribution in [0.5, 0.6) is 0 Å². The van der Waals surface area contributed by atoms with Crippen LogP contribution in [0.3, 0.4) is 0 Å². The zero-order valence-corrected chi connectivity index (χ0v) is 9.12. The summed E-state index contributed by atoms with van der Waals surface area (Å²) in [6.07, 6.45) is 5.79. The van der Waals surface area contributed by atoms with Gasteiger partial charge in [-0.1, -0.05) is 0 Å². The minimum Gasteiger partial charge on any atom is -0.361 e. The zero-order valence-electron chi connectivity index (χ0n) is 9.12. The quantitative estimate of drug-likeness (QED) is 0.683. The minimum atomic E-state index is 0.886. The molecule has 0 radical (unpaired) electrons. The van der Waals surface area contributed by atoms with Gasteiger partial charge in [0, 0.05) is 41.4 Å². The Kier molecular flexibility index (Phi) is 2.11. The number of pyridine rings is 1. The maximum Gasteiger partial charge on any atom is 0.0464 e. The summed E-state index contributed by atoms with van der Waals surface area (Å²) in [4.78, 5) is 7.43. The number of benzene rings is 1. The van der Waals surface area contributed by atoms with Gasteiger partial charge >= 0.3 is 0 Å². The molecule has 0 amide bonds. The number of H-pyrrole nitrogens is 1. The van der Waals surface area contributed by atoms with Gasteiger partial charge in [-0.05, 0) is 36.2 Å². The Morgan fingerprint density at radius 2 is 2.25 bits per heavy atom. The molecule has 0 saturated carbocycles. The van der Waals surface area contributed by atoms with Crippen molar-refractivity contribution in [2.24, 2.45) is 0 Å². The molecule has 3 rings (SSSR count). The van der Waals surface area contributed by atoms with E-state index in [1.807, 2.05) is 25.5 Å². The number of nitrogens with one attached hydrogen (secondary N) is 2. The summed E-state index contributed by atoms with van der Waals surface area (Å²) < 4.78 is 0. The lowest BCUT2D eigenvalue weighted by atomic mass is 10.1. The van der Waals surface area contributed by atoms with Gasteiger partial charge in [-0.15, -0.1) is 0 Å². The van der Waals surface area contributed by atoms with E-state index in [0.29, 0.717) is 0 Å². The second-order valence-corrected chi connectivity index (χ2v) is 3.96. The molecule has 3 heteroatoms. The van der Waals surface area contributed by atoms with E-state index in [1.54, 1.807) is 0 Å². The smallest absolute Gasteiger partial charge is 0.0464 e. The van der Waals surface area contributed by atoms with Crippen molar-refractivity contribution >= 4 is 21.7 Å². The van der Waals surface area contributed by atoms with Crippen LogP contribution in [-0.2, 0) is 6.54 Å². The molecule has 2 aromatic heterocycles. The Bertz CT molecular complexity index is 640. The second-order valence-electron chi connectivity index (χ2n) is 3.96. The van der Waals surface area contributed by atoms with Gasteiger partial charge in [0.15, 0.2) is 0 Å². The summed E-state index contributed by atoms with van der Waals surface area (Å²) in [5, 5.41) is 6.87. The van der Waals surface area contributed by atoms with E-state index in [4.69, 9.17) is 0 Å². The van der Waals surface area contributed by atoms with Crippen LogP contribution in [0.2, 0.25) is 0 Å². The van der Waals surface area contributed by atoms with Crippen molar-refractivity contribution in [2.45, 2.75) is 6.54 Å². The zero-order chi connectivity index (χ0) is 11.0. The predicted molar refractivity (Wildman–Crippen MR) is 66.4 cm³/mol. The van der Waals surface area contributed by atoms with Crippen molar-refractivity contribution in [3.05, 3.63) is 42.4 Å². The molecule has 3 nitrogen and oxygen atoms in total. The Hall–Kier alpha value is -1.87. The molecule has 2 N–H and O–H groups in total. The van der Waals surface area contributed by atoms with Crippen molar-refractivity contribution in [2.75, 3.05) is 7.05 Å². The van der Waals surface area contributed by atoms with Gasteiger partial charge in [0.2, 0.25) is 0 Å². The molecule has 2 heterocycles. The standard InChI is InChI=1S/C13H13N3/c1-14-6-11-8-16-13-5-10-7-15-3-2-9(10)4-12(11)13/h2-5,7-8,14,16H,6H2,1H3. The van der Waals surface area contributed by atoms with Gasteiger partial charge < -0.3 is 10.3 Å². The molecule has 3 aromatic rings. The monoisotopic (exact) mass is 211 g/mol. The van der Waals surface area contributed by atoms with Crippen molar-refractivity contribution in [1.29, 1.82) is 0 Å². The van der Waals surface area contributed by atoms with Crippen LogP contribution in [0.1, 0.15) is 5.56 Å². The summed E-state index contributed by atoms with van der Waals surface area (Å²) in [5.74, 6) is 0. The van der Waals surface area contributed by atoms with Crippen LogP contribution in [0.25, 0.3) is 21.7 Å². The third-order valence-electron chi connectivity index (χ3n) is 2.89. The lowest BCUT2D eigenvalue weighted by Crippen LogP contribution is -2.03. The molecule has 0 aliphatic rings. The number of aromatic nitrogens is 2. The molecule has 16 heavy (non-hydrogen) atoms. The first-order valence-corrected chi connectivity index (χ1v) is 5.37. The van der Waals surface area contributed by atoms with Crippen LogP contribution < -0.4 is 5.32 Å². The number of nitrogens with zero attached hydrogens (tertiary/aromatic N) is 1. The van der Waals surface area contributed by atoms with E-state index in [0.717, 1.165) is 6.54 Å². The van der Waals surface area contributed by atoms with Crippen LogP contribution in [-0.4, -0.2) is 17.0 Å². The van der Waals surface area contributed by atoms with E-state index in [9.17, 15) is 0 Å². The molecular weight excluding hydrogens is 198 g/mol. The lowest BCUT2D eigenvalue weighted by Gasteiger charge is -2.00. The normalized spacial score (nSPS) is 11.3. The average molecular weight is 211 g/mol. The molecule has 0 atom stereocenters. The highest BCUT2D eigenvalue weighted by molar-refractivity contribution is 5.97. The number of hydrogen-bond acceptors (Lipinski definition) is 2. The molecule has 0 aliphatic heterocycles. The third kappa shape index (κ3) is 1.37. The van der Waals surface area contributed by atoms with Gasteiger partial charge in [0.1, 0.15) is 0 Å². The van der Waals surface area contributed by atoms with Crippen molar-refractivity contribution in [3.8, 4) is 0 Å². The highest BCUT2D eigenvalue weighted by Crippen LogP contribution is 2.24. The largest absolute Gasteiger partial charge is 0.361 e. The molecule has 0 fully saturated rings. The van der Waals surface area contributed by atoms with Crippen LogP contribution in [0, 0.1) is 0 Å². The van der Waals surface area contributed by atoms with Crippen LogP contribution in [0.15, 0.2) is 36.8 Å². The van der Waals surface area contributed by atoms with Crippen molar-refractivity contribution in [3.63, 3.8) is 0 Å². The molecule has 80 valence electrons. The van der Waals surface area contributed by atoms with E-state index < -0.39 is 0 Å². The first-order valence-electron chi connectivity index (χ1n) is 5.37. The molecule has 1 aromatic carbocycles. The van der Waals surface area contributed by atoms with Crippen molar-refractivity contribution in [1.82, 2.24) is 15.3 Å².